The van der Waals surface area contributed by atoms with Gasteiger partial charge in [-0.2, -0.15) is 0 Å². The highest BCUT2D eigenvalue weighted by molar-refractivity contribution is 6.30. The van der Waals surface area contributed by atoms with Gasteiger partial charge >= 0.3 is 0 Å². The molecule has 114 valence electrons. The zero-order chi connectivity index (χ0) is 15.7. The molecule has 1 amide bonds. The van der Waals surface area contributed by atoms with Crippen LogP contribution in [0.3, 0.4) is 0 Å². The van der Waals surface area contributed by atoms with E-state index >= 15 is 0 Å². The molecule has 0 saturated carbocycles. The second-order valence-electron chi connectivity index (χ2n) is 5.25. The van der Waals surface area contributed by atoms with Crippen LogP contribution < -0.4 is 10.1 Å². The Hall–Kier alpha value is -2.07. The number of aryl methyl sites for hydroxylation is 1. The molecule has 5 heteroatoms. The Morgan fingerprint density at radius 3 is 2.91 bits per heavy atom. The van der Waals surface area contributed by atoms with Gasteiger partial charge in [-0.05, 0) is 54.3 Å². The number of rotatable bonds is 3. The van der Waals surface area contributed by atoms with E-state index in [0.717, 1.165) is 24.0 Å². The monoisotopic (exact) mass is 319 g/mol. The van der Waals surface area contributed by atoms with E-state index in [4.69, 9.17) is 16.3 Å². The fraction of sp³-hybridized carbons (Fsp3) is 0.235. The Bertz CT molecular complexity index is 733. The van der Waals surface area contributed by atoms with Gasteiger partial charge in [-0.15, -0.1) is 0 Å². The second-order valence-corrected chi connectivity index (χ2v) is 5.69. The van der Waals surface area contributed by atoms with Crippen LogP contribution in [0.15, 0.2) is 36.4 Å². The van der Waals surface area contributed by atoms with Crippen molar-refractivity contribution < 1.29 is 13.9 Å². The van der Waals surface area contributed by atoms with Gasteiger partial charge in [0.25, 0.3) is 5.91 Å². The van der Waals surface area contributed by atoms with Crippen molar-refractivity contribution in [3.05, 3.63) is 63.9 Å². The number of hydrogen-bond donors (Lipinski definition) is 1. The molecule has 0 spiro atoms. The third-order valence-electron chi connectivity index (χ3n) is 3.89. The lowest BCUT2D eigenvalue weighted by molar-refractivity contribution is 0.0933. The third-order valence-corrected chi connectivity index (χ3v) is 4.13. The first-order chi connectivity index (χ1) is 10.6. The summed E-state index contributed by atoms with van der Waals surface area (Å²) in [5, 5.41) is 3.64. The average molecular weight is 320 g/mol. The summed E-state index contributed by atoms with van der Waals surface area (Å²) >= 11 is 5.98. The van der Waals surface area contributed by atoms with E-state index in [-0.39, 0.29) is 17.5 Å². The van der Waals surface area contributed by atoms with E-state index in [0.29, 0.717) is 10.8 Å². The molecule has 0 bridgehead atoms. The van der Waals surface area contributed by atoms with Crippen LogP contribution in [-0.2, 0) is 6.42 Å². The summed E-state index contributed by atoms with van der Waals surface area (Å²) in [5.41, 5.74) is 2.40. The second kappa shape index (κ2) is 5.97. The molecule has 0 aliphatic heterocycles. The highest BCUT2D eigenvalue weighted by atomic mass is 35.5. The van der Waals surface area contributed by atoms with Gasteiger partial charge in [0, 0.05) is 5.02 Å². The van der Waals surface area contributed by atoms with Gasteiger partial charge in [-0.25, -0.2) is 4.39 Å². The Morgan fingerprint density at radius 1 is 1.32 bits per heavy atom. The highest BCUT2D eigenvalue weighted by Crippen LogP contribution is 2.33. The van der Waals surface area contributed by atoms with Crippen molar-refractivity contribution in [3.8, 4) is 5.75 Å². The Kier molecular flexibility index (Phi) is 4.03. The van der Waals surface area contributed by atoms with Crippen LogP contribution in [0.25, 0.3) is 0 Å². The Labute approximate surface area is 133 Å². The number of hydrogen-bond acceptors (Lipinski definition) is 2. The topological polar surface area (TPSA) is 38.3 Å². The molecule has 0 heterocycles. The van der Waals surface area contributed by atoms with E-state index in [1.165, 1.54) is 25.3 Å². The van der Waals surface area contributed by atoms with Gasteiger partial charge < -0.3 is 10.1 Å². The van der Waals surface area contributed by atoms with E-state index in [2.05, 4.69) is 5.32 Å². The maximum atomic E-state index is 13.4. The van der Waals surface area contributed by atoms with Crippen LogP contribution in [-0.4, -0.2) is 13.0 Å². The molecule has 3 rings (SSSR count). The summed E-state index contributed by atoms with van der Waals surface area (Å²) in [6.45, 7) is 0. The van der Waals surface area contributed by atoms with E-state index < -0.39 is 5.82 Å². The first-order valence-electron chi connectivity index (χ1n) is 7.01. The van der Waals surface area contributed by atoms with Gasteiger partial charge in [-0.3, -0.25) is 4.79 Å². The minimum atomic E-state index is -0.468. The van der Waals surface area contributed by atoms with Gasteiger partial charge in [0.1, 0.15) is 11.6 Å². The minimum absolute atomic E-state index is 0.0901. The predicted octanol–water partition coefficient (Wildman–Crippen LogP) is 3.91. The fourth-order valence-electron chi connectivity index (χ4n) is 2.83. The summed E-state index contributed by atoms with van der Waals surface area (Å²) < 4.78 is 18.5. The zero-order valence-electron chi connectivity index (χ0n) is 12.0. The smallest absolute Gasteiger partial charge is 0.255 e. The van der Waals surface area contributed by atoms with Crippen molar-refractivity contribution in [2.24, 2.45) is 0 Å². The molecule has 1 unspecified atom stereocenters. The normalized spacial score (nSPS) is 16.2. The minimum Gasteiger partial charge on any atom is -0.496 e. The van der Waals surface area contributed by atoms with Crippen LogP contribution in [0.2, 0.25) is 5.02 Å². The van der Waals surface area contributed by atoms with Gasteiger partial charge in [0.2, 0.25) is 0 Å². The highest BCUT2D eigenvalue weighted by Gasteiger charge is 2.25. The number of nitrogens with one attached hydrogen (secondary N) is 1. The molecule has 2 aromatic carbocycles. The van der Waals surface area contributed by atoms with Crippen molar-refractivity contribution in [1.82, 2.24) is 5.32 Å². The summed E-state index contributed by atoms with van der Waals surface area (Å²) in [6, 6.07) is 9.48. The average Bonchev–Trinajstić information content (AvgIpc) is 2.89. The molecule has 0 radical (unpaired) electrons. The van der Waals surface area contributed by atoms with Crippen molar-refractivity contribution >= 4 is 17.5 Å². The lowest BCUT2D eigenvalue weighted by Crippen LogP contribution is -2.27. The first kappa shape index (κ1) is 14.9. The van der Waals surface area contributed by atoms with Crippen molar-refractivity contribution in [3.63, 3.8) is 0 Å². The molecule has 0 saturated heterocycles. The number of benzene rings is 2. The molecule has 1 atom stereocenters. The van der Waals surface area contributed by atoms with Crippen LogP contribution in [0, 0.1) is 5.82 Å². The molecule has 22 heavy (non-hydrogen) atoms. The molecular weight excluding hydrogens is 305 g/mol. The number of carbonyl (C=O) groups is 1. The summed E-state index contributed by atoms with van der Waals surface area (Å²) in [4.78, 5) is 12.4. The SMILES string of the molecule is COc1ccc(F)cc1C(=O)NC1CCc2cc(Cl)ccc21. The van der Waals surface area contributed by atoms with Gasteiger partial charge in [-0.1, -0.05) is 17.7 Å². The largest absolute Gasteiger partial charge is 0.496 e. The van der Waals surface area contributed by atoms with Crippen LogP contribution in [0.5, 0.6) is 5.75 Å². The molecule has 1 N–H and O–H groups in total. The number of ether oxygens (including phenoxy) is 1. The van der Waals surface area contributed by atoms with Crippen LogP contribution in [0.1, 0.15) is 33.9 Å². The quantitative estimate of drug-likeness (QED) is 0.931. The summed E-state index contributed by atoms with van der Waals surface area (Å²) in [6.07, 6.45) is 1.67. The predicted molar refractivity (Wildman–Crippen MR) is 82.9 cm³/mol. The number of methoxy groups -OCH3 is 1. The van der Waals surface area contributed by atoms with Gasteiger partial charge in [0.05, 0.1) is 18.7 Å². The number of amides is 1. The molecule has 1 aliphatic rings. The van der Waals surface area contributed by atoms with E-state index in [9.17, 15) is 9.18 Å². The third kappa shape index (κ3) is 2.79. The summed E-state index contributed by atoms with van der Waals surface area (Å²) in [7, 11) is 1.46. The van der Waals surface area contributed by atoms with Gasteiger partial charge in [0.15, 0.2) is 0 Å². The van der Waals surface area contributed by atoms with Crippen molar-refractivity contribution in [1.29, 1.82) is 0 Å². The lowest BCUT2D eigenvalue weighted by Gasteiger charge is -2.15. The first-order valence-corrected chi connectivity index (χ1v) is 7.39. The molecule has 0 aromatic heterocycles. The lowest BCUT2D eigenvalue weighted by atomic mass is 10.1. The van der Waals surface area contributed by atoms with Crippen molar-refractivity contribution in [2.75, 3.05) is 7.11 Å². The number of fused-ring (bicyclic) bond motifs is 1. The fourth-order valence-corrected chi connectivity index (χ4v) is 3.02. The molecular formula is C17H15ClFNO2. The van der Waals surface area contributed by atoms with Crippen LogP contribution >= 0.6 is 11.6 Å². The van der Waals surface area contributed by atoms with Crippen LogP contribution in [0.4, 0.5) is 4.39 Å². The molecule has 3 nitrogen and oxygen atoms in total. The standard InChI is InChI=1S/C17H15ClFNO2/c1-22-16-7-4-12(19)9-14(16)17(21)20-15-6-2-10-8-11(18)3-5-13(10)15/h3-5,7-9,15H,2,6H2,1H3,(H,20,21). The molecule has 0 fully saturated rings. The maximum absolute atomic E-state index is 13.4. The van der Waals surface area contributed by atoms with E-state index in [1.54, 1.807) is 0 Å². The summed E-state index contributed by atoms with van der Waals surface area (Å²) in [5.74, 6) is -0.457. The van der Waals surface area contributed by atoms with Crippen molar-refractivity contribution in [2.45, 2.75) is 18.9 Å². The number of halogens is 2. The Morgan fingerprint density at radius 2 is 2.14 bits per heavy atom. The van der Waals surface area contributed by atoms with E-state index in [1.807, 2.05) is 18.2 Å². The molecule has 2 aromatic rings. The number of carbonyl (C=O) groups excluding carboxylic acids is 1. The molecule has 1 aliphatic carbocycles. The maximum Gasteiger partial charge on any atom is 0.255 e. The zero-order valence-corrected chi connectivity index (χ0v) is 12.8. The Balaban J connectivity index is 1.83.